The van der Waals surface area contributed by atoms with E-state index in [-0.39, 0.29) is 11.7 Å². The zero-order valence-electron chi connectivity index (χ0n) is 12.5. The standard InChI is InChI=1S/C14H14N4O2S3/c1-8-3-4-9-10(5-8)23-13(15-9)16-11(19)6-22-14-18-17-12(20-14)7-21-2/h3-5H,6-7H2,1-2H3,(H,15,16,19). The Bertz CT molecular complexity index is 830. The summed E-state index contributed by atoms with van der Waals surface area (Å²) in [5, 5.41) is 11.6. The van der Waals surface area contributed by atoms with Gasteiger partial charge in [0.15, 0.2) is 5.13 Å². The molecule has 0 saturated heterocycles. The third kappa shape index (κ3) is 4.24. The molecule has 0 aliphatic rings. The van der Waals surface area contributed by atoms with Crippen molar-refractivity contribution in [2.24, 2.45) is 0 Å². The first-order chi connectivity index (χ1) is 11.1. The summed E-state index contributed by atoms with van der Waals surface area (Å²) in [5.41, 5.74) is 2.06. The molecule has 0 saturated carbocycles. The number of amides is 1. The molecule has 3 rings (SSSR count). The fourth-order valence-corrected chi connectivity index (χ4v) is 3.77. The van der Waals surface area contributed by atoms with Crippen molar-refractivity contribution in [2.75, 3.05) is 17.3 Å². The first-order valence-corrected chi connectivity index (χ1v) is 9.95. The molecule has 6 nitrogen and oxygen atoms in total. The van der Waals surface area contributed by atoms with E-state index in [1.807, 2.05) is 25.3 Å². The number of nitrogens with one attached hydrogen (secondary N) is 1. The first-order valence-electron chi connectivity index (χ1n) is 6.75. The van der Waals surface area contributed by atoms with E-state index < -0.39 is 0 Å². The molecule has 2 heterocycles. The van der Waals surface area contributed by atoms with E-state index in [1.165, 1.54) is 28.7 Å². The van der Waals surface area contributed by atoms with Crippen LogP contribution in [0.5, 0.6) is 0 Å². The van der Waals surface area contributed by atoms with Crippen LogP contribution in [-0.2, 0) is 10.5 Å². The summed E-state index contributed by atoms with van der Waals surface area (Å²) in [6, 6.07) is 6.02. The molecule has 9 heteroatoms. The molecule has 0 aliphatic carbocycles. The molecular formula is C14H14N4O2S3. The van der Waals surface area contributed by atoms with Gasteiger partial charge in [0.2, 0.25) is 11.8 Å². The minimum Gasteiger partial charge on any atom is -0.415 e. The fraction of sp³-hybridized carbons (Fsp3) is 0.286. The molecule has 1 N–H and O–H groups in total. The van der Waals surface area contributed by atoms with E-state index in [9.17, 15) is 4.79 Å². The highest BCUT2D eigenvalue weighted by Gasteiger charge is 2.11. The highest BCUT2D eigenvalue weighted by atomic mass is 32.2. The van der Waals surface area contributed by atoms with Crippen LogP contribution >= 0.6 is 34.9 Å². The maximum atomic E-state index is 12.0. The average molecular weight is 366 g/mol. The summed E-state index contributed by atoms with van der Waals surface area (Å²) in [4.78, 5) is 16.4. The largest absolute Gasteiger partial charge is 0.415 e. The van der Waals surface area contributed by atoms with Gasteiger partial charge in [0, 0.05) is 0 Å². The number of fused-ring (bicyclic) bond motifs is 1. The topological polar surface area (TPSA) is 80.9 Å². The number of carbonyl (C=O) groups is 1. The summed E-state index contributed by atoms with van der Waals surface area (Å²) in [6.07, 6.45) is 1.96. The molecule has 0 spiro atoms. The summed E-state index contributed by atoms with van der Waals surface area (Å²) >= 11 is 4.29. The molecule has 0 aliphatic heterocycles. The van der Waals surface area contributed by atoms with Crippen LogP contribution in [-0.4, -0.2) is 33.1 Å². The fourth-order valence-electron chi connectivity index (χ4n) is 1.85. The van der Waals surface area contributed by atoms with Crippen molar-refractivity contribution in [3.63, 3.8) is 0 Å². The Balaban J connectivity index is 1.57. The first kappa shape index (κ1) is 16.3. The Morgan fingerprint density at radius 1 is 1.39 bits per heavy atom. The average Bonchev–Trinajstić information content (AvgIpc) is 3.11. The van der Waals surface area contributed by atoms with Crippen molar-refractivity contribution in [3.8, 4) is 0 Å². The number of aromatic nitrogens is 3. The van der Waals surface area contributed by atoms with E-state index in [1.54, 1.807) is 11.8 Å². The quantitative estimate of drug-likeness (QED) is 0.668. The van der Waals surface area contributed by atoms with Crippen molar-refractivity contribution < 1.29 is 9.21 Å². The maximum Gasteiger partial charge on any atom is 0.277 e. The SMILES string of the molecule is CSCc1nnc(SCC(=O)Nc2nc3ccc(C)cc3s2)o1. The summed E-state index contributed by atoms with van der Waals surface area (Å²) < 4.78 is 6.47. The number of hydrogen-bond acceptors (Lipinski definition) is 8. The number of rotatable bonds is 6. The second-order valence-corrected chi connectivity index (χ2v) is 7.55. The van der Waals surface area contributed by atoms with Crippen molar-refractivity contribution in [1.29, 1.82) is 0 Å². The van der Waals surface area contributed by atoms with Gasteiger partial charge in [-0.15, -0.1) is 10.2 Å². The van der Waals surface area contributed by atoms with Gasteiger partial charge in [0.25, 0.3) is 5.22 Å². The van der Waals surface area contributed by atoms with E-state index in [4.69, 9.17) is 4.42 Å². The van der Waals surface area contributed by atoms with Crippen molar-refractivity contribution in [2.45, 2.75) is 17.9 Å². The maximum absolute atomic E-state index is 12.0. The van der Waals surface area contributed by atoms with Gasteiger partial charge >= 0.3 is 0 Å². The highest BCUT2D eigenvalue weighted by molar-refractivity contribution is 7.99. The number of nitrogens with zero attached hydrogens (tertiary/aromatic N) is 3. The summed E-state index contributed by atoms with van der Waals surface area (Å²) in [7, 11) is 0. The van der Waals surface area contributed by atoms with E-state index >= 15 is 0 Å². The smallest absolute Gasteiger partial charge is 0.277 e. The van der Waals surface area contributed by atoms with Crippen LogP contribution in [0.25, 0.3) is 10.2 Å². The number of aryl methyl sites for hydroxylation is 1. The van der Waals surface area contributed by atoms with Gasteiger partial charge in [-0.25, -0.2) is 4.98 Å². The second kappa shape index (κ2) is 7.33. The summed E-state index contributed by atoms with van der Waals surface area (Å²) in [6.45, 7) is 2.03. The van der Waals surface area contributed by atoms with Gasteiger partial charge in [0.05, 0.1) is 21.7 Å². The lowest BCUT2D eigenvalue weighted by molar-refractivity contribution is -0.113. The zero-order valence-corrected chi connectivity index (χ0v) is 15.0. The lowest BCUT2D eigenvalue weighted by Gasteiger charge is -1.98. The molecule has 3 aromatic rings. The highest BCUT2D eigenvalue weighted by Crippen LogP contribution is 2.27. The van der Waals surface area contributed by atoms with Crippen LogP contribution in [0, 0.1) is 6.92 Å². The Hall–Kier alpha value is -1.58. The zero-order chi connectivity index (χ0) is 16.2. The van der Waals surface area contributed by atoms with Crippen molar-refractivity contribution >= 4 is 56.1 Å². The predicted molar refractivity (Wildman–Crippen MR) is 95.2 cm³/mol. The Labute approximate surface area is 145 Å². The second-order valence-electron chi connectivity index (χ2n) is 4.72. The van der Waals surface area contributed by atoms with Crippen molar-refractivity contribution in [1.82, 2.24) is 15.2 Å². The predicted octanol–water partition coefficient (Wildman–Crippen LogP) is 3.58. The molecule has 23 heavy (non-hydrogen) atoms. The number of thiazole rings is 1. The van der Waals surface area contributed by atoms with Gasteiger partial charge in [-0.2, -0.15) is 11.8 Å². The molecule has 2 aromatic heterocycles. The van der Waals surface area contributed by atoms with Gasteiger partial charge in [-0.05, 0) is 30.9 Å². The summed E-state index contributed by atoms with van der Waals surface area (Å²) in [5.74, 6) is 1.30. The monoisotopic (exact) mass is 366 g/mol. The third-order valence-corrected chi connectivity index (χ3v) is 5.12. The Morgan fingerprint density at radius 3 is 3.09 bits per heavy atom. The van der Waals surface area contributed by atoms with E-state index in [2.05, 4.69) is 26.6 Å². The lowest BCUT2D eigenvalue weighted by Crippen LogP contribution is -2.13. The van der Waals surface area contributed by atoms with Crippen LogP contribution in [0.3, 0.4) is 0 Å². The minimum absolute atomic E-state index is 0.143. The van der Waals surface area contributed by atoms with Crippen molar-refractivity contribution in [3.05, 3.63) is 29.7 Å². The van der Waals surface area contributed by atoms with Gasteiger partial charge in [-0.3, -0.25) is 4.79 Å². The number of thioether (sulfide) groups is 2. The number of hydrogen-bond donors (Lipinski definition) is 1. The molecule has 0 atom stereocenters. The minimum atomic E-state index is -0.143. The van der Waals surface area contributed by atoms with Gasteiger partial charge < -0.3 is 9.73 Å². The molecule has 0 bridgehead atoms. The van der Waals surface area contributed by atoms with E-state index in [0.717, 1.165) is 10.2 Å². The van der Waals surface area contributed by atoms with Gasteiger partial charge in [-0.1, -0.05) is 29.2 Å². The number of carbonyl (C=O) groups excluding carboxylic acids is 1. The van der Waals surface area contributed by atoms with Crippen LogP contribution in [0.2, 0.25) is 0 Å². The Kier molecular flexibility index (Phi) is 5.19. The van der Waals surface area contributed by atoms with Crippen LogP contribution in [0.4, 0.5) is 5.13 Å². The van der Waals surface area contributed by atoms with Crippen LogP contribution < -0.4 is 5.32 Å². The molecule has 0 fully saturated rings. The molecule has 0 radical (unpaired) electrons. The van der Waals surface area contributed by atoms with Crippen LogP contribution in [0.15, 0.2) is 27.8 Å². The van der Waals surface area contributed by atoms with E-state index in [0.29, 0.717) is 22.0 Å². The number of benzene rings is 1. The van der Waals surface area contributed by atoms with Crippen LogP contribution in [0.1, 0.15) is 11.5 Å². The number of anilines is 1. The van der Waals surface area contributed by atoms with Gasteiger partial charge in [0.1, 0.15) is 0 Å². The lowest BCUT2D eigenvalue weighted by atomic mass is 10.2. The molecule has 1 amide bonds. The molecular weight excluding hydrogens is 352 g/mol. The third-order valence-electron chi connectivity index (χ3n) is 2.83. The molecule has 1 aromatic carbocycles. The molecule has 120 valence electrons. The normalized spacial score (nSPS) is 11.0. The molecule has 0 unspecified atom stereocenters. The Morgan fingerprint density at radius 2 is 2.26 bits per heavy atom.